The minimum atomic E-state index is -3.84. The number of carboxylic acids is 1. The summed E-state index contributed by atoms with van der Waals surface area (Å²) in [4.78, 5) is 66.8. The Bertz CT molecular complexity index is 2350. The number of aliphatic carboxylic acids is 1. The highest BCUT2D eigenvalue weighted by molar-refractivity contribution is 7.86. The Morgan fingerprint density at radius 1 is 1.09 bits per heavy atom. The van der Waals surface area contributed by atoms with Crippen molar-refractivity contribution in [1.29, 1.82) is 0 Å². The van der Waals surface area contributed by atoms with E-state index in [1.54, 1.807) is 25.3 Å². The highest BCUT2D eigenvalue weighted by atomic mass is 32.2. The van der Waals surface area contributed by atoms with E-state index in [0.717, 1.165) is 20.2 Å². The molecular formula is C44H62N8O10S2. The molecule has 0 radical (unpaired) electrons. The number of pyridine rings is 1. The highest BCUT2D eigenvalue weighted by Crippen LogP contribution is 2.45. The van der Waals surface area contributed by atoms with Crippen LogP contribution in [-0.4, -0.2) is 138 Å². The summed E-state index contributed by atoms with van der Waals surface area (Å²) in [5.41, 5.74) is -0.514. The van der Waals surface area contributed by atoms with E-state index in [4.69, 9.17) is 24.2 Å². The van der Waals surface area contributed by atoms with Gasteiger partial charge in [0.25, 0.3) is 10.2 Å². The topological polar surface area (TPSA) is 222 Å². The van der Waals surface area contributed by atoms with Crippen LogP contribution in [0.15, 0.2) is 41.8 Å². The maximum Gasteiger partial charge on any atom is 0.408 e. The lowest BCUT2D eigenvalue weighted by Gasteiger charge is -2.34. The normalized spacial score (nSPS) is 24.3. The minimum Gasteiger partial charge on any atom is -0.497 e. The lowest BCUT2D eigenvalue weighted by molar-refractivity contribution is -0.145. The van der Waals surface area contributed by atoms with E-state index in [0.29, 0.717) is 53.1 Å². The number of amides is 3. The first kappa shape index (κ1) is 48.4. The van der Waals surface area contributed by atoms with Gasteiger partial charge in [-0.2, -0.15) is 17.0 Å². The molecule has 1 aliphatic carbocycles. The largest absolute Gasteiger partial charge is 0.497 e. The number of methoxy groups -OCH3 is 1. The number of rotatable bonds is 13. The molecule has 2 unspecified atom stereocenters. The van der Waals surface area contributed by atoms with E-state index in [-0.39, 0.29) is 38.4 Å². The molecule has 0 bridgehead atoms. The summed E-state index contributed by atoms with van der Waals surface area (Å²) in [6.07, 6.45) is 4.31. The number of carbonyl (C=O) groups excluding carboxylic acids is 3. The molecule has 2 aromatic heterocycles. The summed E-state index contributed by atoms with van der Waals surface area (Å²) in [7, 11) is 1.94. The van der Waals surface area contributed by atoms with Gasteiger partial charge in [-0.25, -0.2) is 19.6 Å². The molecule has 1 saturated carbocycles. The van der Waals surface area contributed by atoms with E-state index in [1.807, 2.05) is 58.2 Å². The van der Waals surface area contributed by atoms with Gasteiger partial charge in [-0.05, 0) is 51.7 Å². The molecule has 6 atom stereocenters. The molecule has 2 fully saturated rings. The summed E-state index contributed by atoms with van der Waals surface area (Å²) in [5, 5.41) is 22.5. The first-order valence-electron chi connectivity index (χ1n) is 21.6. The Labute approximate surface area is 379 Å². The first-order chi connectivity index (χ1) is 30.1. The molecule has 1 saturated heterocycles. The molecular weight excluding hydrogens is 865 g/mol. The van der Waals surface area contributed by atoms with Gasteiger partial charge in [0, 0.05) is 67.8 Å². The van der Waals surface area contributed by atoms with Crippen molar-refractivity contribution in [2.24, 2.45) is 11.3 Å². The van der Waals surface area contributed by atoms with Crippen molar-refractivity contribution in [1.82, 2.24) is 34.1 Å². The lowest BCUT2D eigenvalue weighted by Crippen LogP contribution is -2.56. The van der Waals surface area contributed by atoms with Gasteiger partial charge in [0.15, 0.2) is 5.13 Å². The summed E-state index contributed by atoms with van der Waals surface area (Å²) in [6.45, 7) is 9.26. The van der Waals surface area contributed by atoms with Crippen molar-refractivity contribution < 1.29 is 46.9 Å². The van der Waals surface area contributed by atoms with Crippen molar-refractivity contribution in [2.75, 3.05) is 46.7 Å². The van der Waals surface area contributed by atoms with Gasteiger partial charge in [0.1, 0.15) is 47.0 Å². The number of hydrogen-bond donors (Lipinski definition) is 4. The molecule has 350 valence electrons. The molecule has 3 aromatic rings. The fourth-order valence-corrected chi connectivity index (χ4v) is 9.70. The van der Waals surface area contributed by atoms with Crippen molar-refractivity contribution >= 4 is 61.5 Å². The molecule has 6 rings (SSSR count). The van der Waals surface area contributed by atoms with Gasteiger partial charge in [0.05, 0.1) is 31.4 Å². The third-order valence-electron chi connectivity index (χ3n) is 11.9. The fraction of sp³-hybridized carbons (Fsp3) is 0.591. The molecule has 64 heavy (non-hydrogen) atoms. The summed E-state index contributed by atoms with van der Waals surface area (Å²) >= 11 is 1.44. The van der Waals surface area contributed by atoms with E-state index in [2.05, 4.69) is 16.0 Å². The molecule has 18 nitrogen and oxygen atoms in total. The number of ether oxygens (including phenoxy) is 3. The summed E-state index contributed by atoms with van der Waals surface area (Å²) in [6, 6.07) is 5.02. The Morgan fingerprint density at radius 3 is 2.52 bits per heavy atom. The number of carboxylic acid groups (broad SMARTS) is 1. The highest BCUT2D eigenvalue weighted by Gasteiger charge is 2.61. The Balaban J connectivity index is 1.32. The van der Waals surface area contributed by atoms with E-state index in [1.165, 1.54) is 37.4 Å². The quantitative estimate of drug-likeness (QED) is 0.161. The van der Waals surface area contributed by atoms with Gasteiger partial charge < -0.3 is 40.2 Å². The van der Waals surface area contributed by atoms with Crippen LogP contribution < -0.4 is 25.4 Å². The molecule has 2 aliphatic heterocycles. The molecule has 0 spiro atoms. The van der Waals surface area contributed by atoms with E-state index >= 15 is 0 Å². The maximum absolute atomic E-state index is 14.9. The second kappa shape index (κ2) is 19.6. The standard InChI is InChI=1S/C44H62N8O10S2/c1-26(2)45-41-47-34(25-63-41)33-21-36(30-18-17-28(60-9)19-32(30)46-33)61-29-20-35-38(53)49-44(40(55)56)22-27(44)15-13-11-10-12-14-16-31(39(54)52(35)23-29)48-42(57)62-37(43(3,4)5)24-51(8)64(58,59)50(6)7/h13,15,17-19,21,25-27,29,31,35,37H,10-12,14,16,20,22-24H2,1-9H3,(H,45,47)(H,48,57)(H,49,53)(H,55,56)/b15-13-/t27?,29-,31+,35+,37?,44-/m1/s1. The van der Waals surface area contributed by atoms with Crippen LogP contribution in [0.3, 0.4) is 0 Å². The molecule has 20 heteroatoms. The Morgan fingerprint density at radius 2 is 1.84 bits per heavy atom. The summed E-state index contributed by atoms with van der Waals surface area (Å²) < 4.78 is 46.1. The van der Waals surface area contributed by atoms with E-state index in [9.17, 15) is 32.7 Å². The van der Waals surface area contributed by atoms with Crippen LogP contribution in [-0.2, 0) is 29.3 Å². The molecule has 3 amide bonds. The number of thiazole rings is 1. The summed E-state index contributed by atoms with van der Waals surface area (Å²) in [5.74, 6) is -1.78. The van der Waals surface area contributed by atoms with Crippen LogP contribution in [0.5, 0.6) is 11.5 Å². The first-order valence-corrected chi connectivity index (χ1v) is 23.9. The number of hydrogen-bond acceptors (Lipinski definition) is 13. The predicted octanol–water partition coefficient (Wildman–Crippen LogP) is 5.26. The predicted molar refractivity (Wildman–Crippen MR) is 243 cm³/mol. The van der Waals surface area contributed by atoms with Crippen LogP contribution in [0.2, 0.25) is 0 Å². The van der Waals surface area contributed by atoms with E-state index < -0.39 is 75.2 Å². The number of benzene rings is 1. The van der Waals surface area contributed by atoms with Gasteiger partial charge in [-0.15, -0.1) is 11.3 Å². The van der Waals surface area contributed by atoms with Crippen LogP contribution >= 0.6 is 11.3 Å². The fourth-order valence-electron chi connectivity index (χ4n) is 7.96. The average Bonchev–Trinajstić information content (AvgIpc) is 3.48. The molecule has 3 aliphatic rings. The van der Waals surface area contributed by atoms with Gasteiger partial charge >= 0.3 is 12.1 Å². The lowest BCUT2D eigenvalue weighted by atomic mass is 9.89. The van der Waals surface area contributed by atoms with Crippen LogP contribution in [0.1, 0.15) is 79.6 Å². The number of aromatic nitrogens is 2. The third-order valence-corrected chi connectivity index (χ3v) is 14.5. The van der Waals surface area contributed by atoms with Crippen molar-refractivity contribution in [3.8, 4) is 22.9 Å². The van der Waals surface area contributed by atoms with Crippen LogP contribution in [0.4, 0.5) is 9.93 Å². The Hall–Kier alpha value is -5.05. The number of nitrogens with one attached hydrogen (secondary N) is 3. The number of carbonyl (C=O) groups is 4. The van der Waals surface area contributed by atoms with Crippen LogP contribution in [0, 0.1) is 11.3 Å². The van der Waals surface area contributed by atoms with Gasteiger partial charge in [-0.1, -0.05) is 45.8 Å². The second-order valence-electron chi connectivity index (χ2n) is 18.4. The average molecular weight is 927 g/mol. The monoisotopic (exact) mass is 926 g/mol. The zero-order chi connectivity index (χ0) is 46.7. The molecule has 1 aromatic carbocycles. The van der Waals surface area contributed by atoms with Gasteiger partial charge in [-0.3, -0.25) is 9.59 Å². The van der Waals surface area contributed by atoms with Crippen LogP contribution in [0.25, 0.3) is 22.3 Å². The zero-order valence-corrected chi connectivity index (χ0v) is 39.7. The number of allylic oxidation sites excluding steroid dienone is 1. The number of alkyl carbamates (subject to hydrolysis) is 1. The maximum atomic E-state index is 14.9. The third kappa shape index (κ3) is 11.1. The SMILES string of the molecule is COc1ccc2c(O[C@@H]3C[C@H]4C(=O)N[C@]5(C(=O)O)CC5/C=C\CCCCC[C@H](NC(=O)OC(CN(C)S(=O)(=O)N(C)C)C(C)(C)C)C(=O)N4C3)cc(-c3csc(NC(C)C)n3)nc2c1. The Kier molecular flexibility index (Phi) is 14.8. The minimum absolute atomic E-state index is 0.0121. The van der Waals surface area contributed by atoms with Crippen molar-refractivity contribution in [2.45, 2.75) is 115 Å². The van der Waals surface area contributed by atoms with Crippen molar-refractivity contribution in [3.05, 3.63) is 41.8 Å². The van der Waals surface area contributed by atoms with Crippen molar-refractivity contribution in [3.63, 3.8) is 0 Å². The van der Waals surface area contributed by atoms with Gasteiger partial charge in [0.2, 0.25) is 11.8 Å². The zero-order valence-electron chi connectivity index (χ0n) is 38.0. The second-order valence-corrected chi connectivity index (χ2v) is 21.5. The number of anilines is 1. The number of likely N-dealkylation sites (N-methyl/N-ethyl adjacent to an activating group) is 1. The molecule has 4 N–H and O–H groups in total. The number of nitrogens with zero attached hydrogens (tertiary/aromatic N) is 5. The molecule has 4 heterocycles. The number of fused-ring (bicyclic) bond motifs is 3. The smallest absolute Gasteiger partial charge is 0.408 e.